The van der Waals surface area contributed by atoms with E-state index in [0.717, 1.165) is 0 Å². The number of urea groups is 1. The van der Waals surface area contributed by atoms with Crippen LogP contribution in [0.4, 0.5) is 10.5 Å². The summed E-state index contributed by atoms with van der Waals surface area (Å²) in [5, 5.41) is 2.89. The van der Waals surface area contributed by atoms with Crippen molar-refractivity contribution in [2.45, 2.75) is 18.9 Å². The zero-order valence-electron chi connectivity index (χ0n) is 17.5. The lowest BCUT2D eigenvalue weighted by Gasteiger charge is -2.32. The zero-order chi connectivity index (χ0) is 21.5. The summed E-state index contributed by atoms with van der Waals surface area (Å²) in [6.45, 7) is 1.12. The summed E-state index contributed by atoms with van der Waals surface area (Å²) >= 11 is 0. The summed E-state index contributed by atoms with van der Waals surface area (Å²) in [5.74, 6) is 1.87. The second kappa shape index (κ2) is 9.86. The van der Waals surface area contributed by atoms with Gasteiger partial charge in [0.05, 0.1) is 34.1 Å². The normalized spacial score (nSPS) is 14.1. The van der Waals surface area contributed by atoms with Crippen LogP contribution in [-0.2, 0) is 0 Å². The fourth-order valence-corrected chi connectivity index (χ4v) is 3.19. The number of carbonyl (C=O) groups excluding carboxylic acids is 1. The summed E-state index contributed by atoms with van der Waals surface area (Å²) in [7, 11) is 6.09. The molecule has 1 aromatic heterocycles. The van der Waals surface area contributed by atoms with Crippen molar-refractivity contribution in [3.05, 3.63) is 24.4 Å². The van der Waals surface area contributed by atoms with Gasteiger partial charge in [0.15, 0.2) is 11.5 Å². The van der Waals surface area contributed by atoms with Crippen molar-refractivity contribution < 1.29 is 28.5 Å². The lowest BCUT2D eigenvalue weighted by Crippen LogP contribution is -2.43. The number of methoxy groups -OCH3 is 4. The van der Waals surface area contributed by atoms with E-state index in [2.05, 4.69) is 15.3 Å². The van der Waals surface area contributed by atoms with Gasteiger partial charge in [0.1, 0.15) is 6.10 Å². The van der Waals surface area contributed by atoms with Gasteiger partial charge >= 0.3 is 12.0 Å². The number of anilines is 1. The maximum atomic E-state index is 12.7. The fourth-order valence-electron chi connectivity index (χ4n) is 3.19. The van der Waals surface area contributed by atoms with E-state index >= 15 is 0 Å². The number of aromatic nitrogens is 2. The molecule has 1 aliphatic heterocycles. The number of carbonyl (C=O) groups is 1. The number of piperidine rings is 1. The van der Waals surface area contributed by atoms with Gasteiger partial charge in [-0.05, 0) is 0 Å². The van der Waals surface area contributed by atoms with Crippen LogP contribution in [0.1, 0.15) is 12.8 Å². The van der Waals surface area contributed by atoms with Crippen LogP contribution in [0.3, 0.4) is 0 Å². The minimum atomic E-state index is -0.202. The van der Waals surface area contributed by atoms with Crippen LogP contribution in [-0.4, -0.2) is 68.5 Å². The van der Waals surface area contributed by atoms with E-state index < -0.39 is 0 Å². The van der Waals surface area contributed by atoms with Crippen molar-refractivity contribution >= 4 is 11.7 Å². The van der Waals surface area contributed by atoms with Crippen LogP contribution in [0.2, 0.25) is 0 Å². The monoisotopic (exact) mass is 418 g/mol. The number of amides is 2. The van der Waals surface area contributed by atoms with Gasteiger partial charge in [-0.1, -0.05) is 0 Å². The van der Waals surface area contributed by atoms with E-state index in [-0.39, 0.29) is 18.1 Å². The molecule has 1 aromatic carbocycles. The van der Waals surface area contributed by atoms with Crippen molar-refractivity contribution in [1.29, 1.82) is 0 Å². The lowest BCUT2D eigenvalue weighted by molar-refractivity contribution is 0.110. The van der Waals surface area contributed by atoms with E-state index in [0.29, 0.717) is 54.7 Å². The number of benzene rings is 1. The highest BCUT2D eigenvalue weighted by atomic mass is 16.5. The molecule has 0 bridgehead atoms. The Bertz CT molecular complexity index is 845. The molecule has 2 aromatic rings. The summed E-state index contributed by atoms with van der Waals surface area (Å²) < 4.78 is 26.9. The Morgan fingerprint density at radius 3 is 2.27 bits per heavy atom. The first-order valence-corrected chi connectivity index (χ1v) is 9.47. The average molecular weight is 418 g/mol. The number of hydrogen-bond acceptors (Lipinski definition) is 8. The first kappa shape index (κ1) is 21.3. The Morgan fingerprint density at radius 2 is 1.70 bits per heavy atom. The van der Waals surface area contributed by atoms with Crippen molar-refractivity contribution in [3.63, 3.8) is 0 Å². The maximum absolute atomic E-state index is 12.7. The lowest BCUT2D eigenvalue weighted by atomic mass is 10.1. The summed E-state index contributed by atoms with van der Waals surface area (Å²) in [6.07, 6.45) is 2.93. The Hall–Kier alpha value is -3.43. The van der Waals surface area contributed by atoms with Crippen molar-refractivity contribution in [2.24, 2.45) is 0 Å². The first-order valence-electron chi connectivity index (χ1n) is 9.47. The minimum absolute atomic E-state index is 0.0326. The molecule has 162 valence electrons. The Kier molecular flexibility index (Phi) is 6.99. The molecule has 10 nitrogen and oxygen atoms in total. The second-order valence-corrected chi connectivity index (χ2v) is 6.53. The van der Waals surface area contributed by atoms with Gasteiger partial charge < -0.3 is 33.9 Å². The number of rotatable bonds is 7. The minimum Gasteiger partial charge on any atom is -0.493 e. The third-order valence-electron chi connectivity index (χ3n) is 4.72. The number of nitrogens with zero attached hydrogens (tertiary/aromatic N) is 3. The summed E-state index contributed by atoms with van der Waals surface area (Å²) in [6, 6.07) is 5.13. The predicted molar refractivity (Wildman–Crippen MR) is 109 cm³/mol. The molecule has 0 radical (unpaired) electrons. The van der Waals surface area contributed by atoms with Crippen LogP contribution in [0.15, 0.2) is 24.4 Å². The number of likely N-dealkylation sites (tertiary alicyclic amines) is 1. The number of hydrogen-bond donors (Lipinski definition) is 1. The van der Waals surface area contributed by atoms with Gasteiger partial charge in [-0.3, -0.25) is 0 Å². The molecule has 1 N–H and O–H groups in total. The first-order chi connectivity index (χ1) is 14.6. The van der Waals surface area contributed by atoms with Crippen LogP contribution in [0.25, 0.3) is 0 Å². The molecule has 30 heavy (non-hydrogen) atoms. The van der Waals surface area contributed by atoms with E-state index in [4.69, 9.17) is 23.7 Å². The fraction of sp³-hybridized carbons (Fsp3) is 0.450. The van der Waals surface area contributed by atoms with Gasteiger partial charge in [-0.15, -0.1) is 0 Å². The molecule has 0 spiro atoms. The highest BCUT2D eigenvalue weighted by Gasteiger charge is 2.25. The molecule has 1 aliphatic rings. The molecular formula is C20H26N4O6. The van der Waals surface area contributed by atoms with Gasteiger partial charge in [-0.2, -0.15) is 4.98 Å². The largest absolute Gasteiger partial charge is 0.493 e. The average Bonchev–Trinajstić information content (AvgIpc) is 2.78. The Morgan fingerprint density at radius 1 is 1.03 bits per heavy atom. The number of nitrogens with one attached hydrogen (secondary N) is 1. The summed E-state index contributed by atoms with van der Waals surface area (Å²) in [5.41, 5.74) is 0.556. The number of ether oxygens (including phenoxy) is 5. The van der Waals surface area contributed by atoms with Gasteiger partial charge in [0, 0.05) is 50.3 Å². The van der Waals surface area contributed by atoms with Crippen molar-refractivity contribution in [3.8, 4) is 29.1 Å². The molecule has 2 amide bonds. The van der Waals surface area contributed by atoms with Gasteiger partial charge in [-0.25, -0.2) is 9.78 Å². The van der Waals surface area contributed by atoms with Crippen LogP contribution in [0, 0.1) is 0 Å². The molecule has 1 fully saturated rings. The van der Waals surface area contributed by atoms with Gasteiger partial charge in [0.2, 0.25) is 11.6 Å². The van der Waals surface area contributed by atoms with E-state index in [9.17, 15) is 4.79 Å². The topological polar surface area (TPSA) is 104 Å². The molecule has 3 rings (SSSR count). The Labute approximate surface area is 175 Å². The predicted octanol–water partition coefficient (Wildman–Crippen LogP) is 2.59. The molecule has 0 saturated carbocycles. The van der Waals surface area contributed by atoms with Crippen LogP contribution >= 0.6 is 0 Å². The summed E-state index contributed by atoms with van der Waals surface area (Å²) in [4.78, 5) is 22.6. The Balaban J connectivity index is 1.58. The maximum Gasteiger partial charge on any atom is 0.321 e. The molecule has 0 atom stereocenters. The quantitative estimate of drug-likeness (QED) is 0.732. The third-order valence-corrected chi connectivity index (χ3v) is 4.72. The van der Waals surface area contributed by atoms with E-state index in [1.54, 1.807) is 29.3 Å². The molecule has 2 heterocycles. The molecule has 10 heteroatoms. The van der Waals surface area contributed by atoms with Gasteiger partial charge in [0.25, 0.3) is 0 Å². The van der Waals surface area contributed by atoms with Crippen LogP contribution < -0.4 is 29.0 Å². The smallest absolute Gasteiger partial charge is 0.321 e. The molecular weight excluding hydrogens is 392 g/mol. The SMILES string of the molecule is COc1nccc(OC2CCN(C(=O)Nc3cc(OC)c(OC)c(OC)c3)CC2)n1. The van der Waals surface area contributed by atoms with E-state index in [1.807, 2.05) is 0 Å². The third kappa shape index (κ3) is 4.94. The zero-order valence-corrected chi connectivity index (χ0v) is 17.5. The molecule has 0 aliphatic carbocycles. The highest BCUT2D eigenvalue weighted by molar-refractivity contribution is 5.90. The second-order valence-electron chi connectivity index (χ2n) is 6.53. The van der Waals surface area contributed by atoms with Crippen LogP contribution in [0.5, 0.6) is 29.1 Å². The molecule has 1 saturated heterocycles. The van der Waals surface area contributed by atoms with Crippen molar-refractivity contribution in [2.75, 3.05) is 46.8 Å². The molecule has 0 unspecified atom stereocenters. The van der Waals surface area contributed by atoms with E-state index in [1.165, 1.54) is 28.4 Å². The standard InChI is InChI=1S/C20H26N4O6/c1-26-15-11-13(12-16(27-2)18(15)28-3)22-20(25)24-9-6-14(7-10-24)30-17-5-8-21-19(23-17)29-4/h5,8,11-12,14H,6-7,9-10H2,1-4H3,(H,22,25). The van der Waals surface area contributed by atoms with Crippen molar-refractivity contribution in [1.82, 2.24) is 14.9 Å². The highest BCUT2D eigenvalue weighted by Crippen LogP contribution is 2.40.